The number of benzene rings is 1. The number of ether oxygens (including phenoxy) is 1. The summed E-state index contributed by atoms with van der Waals surface area (Å²) in [6.45, 7) is 4.28. The minimum absolute atomic E-state index is 0.167. The molecule has 104 valence electrons. The second-order valence-electron chi connectivity index (χ2n) is 4.82. The number of guanidine groups is 1. The van der Waals surface area contributed by atoms with Crippen molar-refractivity contribution >= 4 is 17.7 Å². The van der Waals surface area contributed by atoms with Crippen LogP contribution in [-0.4, -0.2) is 43.9 Å². The van der Waals surface area contributed by atoms with Crippen molar-refractivity contribution in [3.05, 3.63) is 29.8 Å². The third-order valence-electron chi connectivity index (χ3n) is 3.65. The van der Waals surface area contributed by atoms with Gasteiger partial charge < -0.3 is 15.4 Å². The third kappa shape index (κ3) is 2.72. The van der Waals surface area contributed by atoms with E-state index < -0.39 is 0 Å². The van der Waals surface area contributed by atoms with Crippen molar-refractivity contribution in [1.29, 1.82) is 0 Å². The van der Waals surface area contributed by atoms with Gasteiger partial charge in [-0.1, -0.05) is 12.1 Å². The highest BCUT2D eigenvalue weighted by Gasteiger charge is 2.39. The Morgan fingerprint density at radius 2 is 2.11 bits per heavy atom. The van der Waals surface area contributed by atoms with Crippen molar-refractivity contribution in [2.24, 2.45) is 10.7 Å². The molecule has 1 heterocycles. The first-order valence-electron chi connectivity index (χ1n) is 6.33. The molecule has 2 N–H and O–H groups in total. The van der Waals surface area contributed by atoms with E-state index in [9.17, 15) is 0 Å². The van der Waals surface area contributed by atoms with E-state index in [2.05, 4.69) is 47.3 Å². The highest BCUT2D eigenvalue weighted by molar-refractivity contribution is 7.98. The standard InChI is InChI=1S/C14H21N3OS/c1-14(11-4-6-12(19-3)7-5-11)10-16-13(15)17(14)8-9-18-2/h4-7H,8-10H2,1-3H3,(H2,15,16). The Kier molecular flexibility index (Phi) is 4.37. The third-order valence-corrected chi connectivity index (χ3v) is 4.40. The fourth-order valence-electron chi connectivity index (χ4n) is 2.40. The fourth-order valence-corrected chi connectivity index (χ4v) is 2.81. The van der Waals surface area contributed by atoms with Gasteiger partial charge in [-0.3, -0.25) is 4.99 Å². The van der Waals surface area contributed by atoms with Gasteiger partial charge in [-0.2, -0.15) is 0 Å². The maximum atomic E-state index is 6.01. The van der Waals surface area contributed by atoms with Gasteiger partial charge in [0.1, 0.15) is 0 Å². The number of hydrogen-bond acceptors (Lipinski definition) is 5. The number of nitrogens with two attached hydrogens (primary N) is 1. The monoisotopic (exact) mass is 279 g/mol. The number of methoxy groups -OCH3 is 1. The molecular weight excluding hydrogens is 258 g/mol. The molecule has 4 nitrogen and oxygen atoms in total. The molecule has 0 saturated carbocycles. The fraction of sp³-hybridized carbons (Fsp3) is 0.500. The lowest BCUT2D eigenvalue weighted by molar-refractivity contribution is 0.137. The maximum absolute atomic E-state index is 6.01. The Balaban J connectivity index is 2.24. The number of hydrogen-bond donors (Lipinski definition) is 1. The second kappa shape index (κ2) is 5.84. The van der Waals surface area contributed by atoms with Crippen LogP contribution >= 0.6 is 11.8 Å². The van der Waals surface area contributed by atoms with Crippen LogP contribution in [0.5, 0.6) is 0 Å². The minimum atomic E-state index is -0.167. The largest absolute Gasteiger partial charge is 0.383 e. The predicted octanol–water partition coefficient (Wildman–Crippen LogP) is 1.90. The zero-order chi connectivity index (χ0) is 13.9. The molecule has 0 aromatic heterocycles. The zero-order valence-corrected chi connectivity index (χ0v) is 12.5. The van der Waals surface area contributed by atoms with Crippen molar-refractivity contribution in [1.82, 2.24) is 4.90 Å². The van der Waals surface area contributed by atoms with Crippen LogP contribution in [0.4, 0.5) is 0 Å². The molecule has 0 fully saturated rings. The molecule has 0 amide bonds. The number of nitrogens with zero attached hydrogens (tertiary/aromatic N) is 2. The summed E-state index contributed by atoms with van der Waals surface area (Å²) in [7, 11) is 1.70. The summed E-state index contributed by atoms with van der Waals surface area (Å²) in [4.78, 5) is 7.80. The SMILES string of the molecule is COCCN1C(N)=NCC1(C)c1ccc(SC)cc1. The molecule has 0 saturated heterocycles. The van der Waals surface area contributed by atoms with Crippen molar-refractivity contribution < 1.29 is 4.74 Å². The van der Waals surface area contributed by atoms with Crippen LogP contribution < -0.4 is 5.73 Å². The van der Waals surface area contributed by atoms with E-state index in [4.69, 9.17) is 10.5 Å². The molecule has 1 unspecified atom stereocenters. The van der Waals surface area contributed by atoms with Crippen LogP contribution in [0.25, 0.3) is 0 Å². The van der Waals surface area contributed by atoms with Gasteiger partial charge in [-0.15, -0.1) is 11.8 Å². The van der Waals surface area contributed by atoms with Crippen LogP contribution in [-0.2, 0) is 10.3 Å². The molecule has 19 heavy (non-hydrogen) atoms. The Hall–Kier alpha value is -1.20. The van der Waals surface area contributed by atoms with Gasteiger partial charge >= 0.3 is 0 Å². The number of thioether (sulfide) groups is 1. The van der Waals surface area contributed by atoms with Crippen LogP contribution in [0.1, 0.15) is 12.5 Å². The lowest BCUT2D eigenvalue weighted by Crippen LogP contribution is -2.48. The summed E-state index contributed by atoms with van der Waals surface area (Å²) in [5.41, 5.74) is 7.08. The smallest absolute Gasteiger partial charge is 0.192 e. The lowest BCUT2D eigenvalue weighted by Gasteiger charge is -2.36. The molecule has 0 aliphatic carbocycles. The van der Waals surface area contributed by atoms with Crippen molar-refractivity contribution in [2.75, 3.05) is 33.1 Å². The van der Waals surface area contributed by atoms with E-state index in [1.807, 2.05) is 0 Å². The molecule has 0 bridgehead atoms. The van der Waals surface area contributed by atoms with Crippen LogP contribution in [0, 0.1) is 0 Å². The molecule has 1 aliphatic rings. The first-order chi connectivity index (χ1) is 9.11. The molecule has 1 atom stereocenters. The zero-order valence-electron chi connectivity index (χ0n) is 11.7. The van der Waals surface area contributed by atoms with E-state index in [0.717, 1.165) is 6.54 Å². The molecule has 2 rings (SSSR count). The van der Waals surface area contributed by atoms with Crippen molar-refractivity contribution in [2.45, 2.75) is 17.4 Å². The van der Waals surface area contributed by atoms with Gasteiger partial charge in [0.05, 0.1) is 18.7 Å². The van der Waals surface area contributed by atoms with Gasteiger partial charge in [-0.05, 0) is 30.9 Å². The summed E-state index contributed by atoms with van der Waals surface area (Å²) in [5.74, 6) is 0.605. The number of rotatable bonds is 5. The summed E-state index contributed by atoms with van der Waals surface area (Å²) in [5, 5.41) is 0. The molecule has 0 spiro atoms. The van der Waals surface area contributed by atoms with Gasteiger partial charge in [0.15, 0.2) is 5.96 Å². The van der Waals surface area contributed by atoms with Gasteiger partial charge in [-0.25, -0.2) is 0 Å². The molecular formula is C14H21N3OS. The van der Waals surface area contributed by atoms with Crippen LogP contribution in [0.3, 0.4) is 0 Å². The van der Waals surface area contributed by atoms with Crippen molar-refractivity contribution in [3.63, 3.8) is 0 Å². The van der Waals surface area contributed by atoms with Gasteiger partial charge in [0.2, 0.25) is 0 Å². The highest BCUT2D eigenvalue weighted by Crippen LogP contribution is 2.33. The summed E-state index contributed by atoms with van der Waals surface area (Å²) >= 11 is 1.75. The summed E-state index contributed by atoms with van der Waals surface area (Å²) in [6.07, 6.45) is 2.08. The highest BCUT2D eigenvalue weighted by atomic mass is 32.2. The first kappa shape index (κ1) is 14.2. The molecule has 0 radical (unpaired) electrons. The average Bonchev–Trinajstić information content (AvgIpc) is 2.73. The Bertz CT molecular complexity index is 460. The Labute approximate surface area is 119 Å². The summed E-state index contributed by atoms with van der Waals surface area (Å²) in [6, 6.07) is 8.63. The van der Waals surface area contributed by atoms with E-state index >= 15 is 0 Å². The second-order valence-corrected chi connectivity index (χ2v) is 5.70. The van der Waals surface area contributed by atoms with Crippen LogP contribution in [0.15, 0.2) is 34.2 Å². The molecule has 1 aromatic rings. The molecule has 1 aliphatic heterocycles. The maximum Gasteiger partial charge on any atom is 0.192 e. The summed E-state index contributed by atoms with van der Waals surface area (Å²) < 4.78 is 5.16. The topological polar surface area (TPSA) is 50.9 Å². The predicted molar refractivity (Wildman–Crippen MR) is 80.6 cm³/mol. The average molecular weight is 279 g/mol. The number of aliphatic imine (C=N–C) groups is 1. The van der Waals surface area contributed by atoms with E-state index in [1.54, 1.807) is 18.9 Å². The van der Waals surface area contributed by atoms with Gasteiger partial charge in [0, 0.05) is 18.6 Å². The van der Waals surface area contributed by atoms with Gasteiger partial charge in [0.25, 0.3) is 0 Å². The lowest BCUT2D eigenvalue weighted by atomic mass is 9.91. The van der Waals surface area contributed by atoms with Crippen molar-refractivity contribution in [3.8, 4) is 0 Å². The Morgan fingerprint density at radius 3 is 2.68 bits per heavy atom. The van der Waals surface area contributed by atoms with E-state index in [1.165, 1.54) is 10.5 Å². The molecule has 1 aromatic carbocycles. The minimum Gasteiger partial charge on any atom is -0.383 e. The van der Waals surface area contributed by atoms with E-state index in [-0.39, 0.29) is 5.54 Å². The first-order valence-corrected chi connectivity index (χ1v) is 7.55. The molecule has 5 heteroatoms. The van der Waals surface area contributed by atoms with Crippen LogP contribution in [0.2, 0.25) is 0 Å². The van der Waals surface area contributed by atoms with E-state index in [0.29, 0.717) is 19.1 Å². The Morgan fingerprint density at radius 1 is 1.42 bits per heavy atom. The quantitative estimate of drug-likeness (QED) is 0.836. The normalized spacial score (nSPS) is 22.7.